The summed E-state index contributed by atoms with van der Waals surface area (Å²) in [7, 11) is 0. The molecule has 4 rings (SSSR count). The summed E-state index contributed by atoms with van der Waals surface area (Å²) in [6.07, 6.45) is 5.41. The van der Waals surface area contributed by atoms with Gasteiger partial charge in [0.2, 0.25) is 5.91 Å². The molecule has 0 radical (unpaired) electrons. The van der Waals surface area contributed by atoms with Crippen LogP contribution in [0.2, 0.25) is 0 Å². The van der Waals surface area contributed by atoms with Crippen LogP contribution in [0.5, 0.6) is 0 Å². The van der Waals surface area contributed by atoms with E-state index in [1.165, 1.54) is 0 Å². The van der Waals surface area contributed by atoms with Gasteiger partial charge in [-0.3, -0.25) is 14.6 Å². The minimum absolute atomic E-state index is 0.0619. The molecule has 3 aromatic rings. The second kappa shape index (κ2) is 6.75. The Morgan fingerprint density at radius 1 is 1.18 bits per heavy atom. The first-order valence-electron chi connectivity index (χ1n) is 9.40. The lowest BCUT2D eigenvalue weighted by Crippen LogP contribution is -2.27. The molecule has 28 heavy (non-hydrogen) atoms. The number of H-pyrrole nitrogens is 1. The van der Waals surface area contributed by atoms with E-state index in [-0.39, 0.29) is 11.2 Å². The highest BCUT2D eigenvalue weighted by Crippen LogP contribution is 2.40. The molecule has 1 amide bonds. The molecule has 0 atom stereocenters. The van der Waals surface area contributed by atoms with Gasteiger partial charge in [-0.2, -0.15) is 0 Å². The number of amides is 1. The first-order valence-corrected chi connectivity index (χ1v) is 9.40. The normalized spacial score (nSPS) is 15.3. The van der Waals surface area contributed by atoms with Crippen LogP contribution in [0.4, 0.5) is 0 Å². The summed E-state index contributed by atoms with van der Waals surface area (Å²) in [6, 6.07) is 11.2. The molecule has 0 saturated carbocycles. The molecule has 5 nitrogen and oxygen atoms in total. The fraction of sp³-hybridized carbons (Fsp3) is 0.261. The Morgan fingerprint density at radius 2 is 1.93 bits per heavy atom. The number of aromatic nitrogens is 2. The Bertz CT molecular complexity index is 1060. The summed E-state index contributed by atoms with van der Waals surface area (Å²) >= 11 is 0. The first-order chi connectivity index (χ1) is 13.3. The topological polar surface area (TPSA) is 88.8 Å². The number of Topliss-reactive ketones (excluding diaryl/α,β-unsaturated/α-hetero) is 1. The Hall–Kier alpha value is -3.21. The van der Waals surface area contributed by atoms with Crippen LogP contribution in [-0.4, -0.2) is 21.7 Å². The van der Waals surface area contributed by atoms with Crippen molar-refractivity contribution in [2.24, 2.45) is 11.1 Å². The van der Waals surface area contributed by atoms with E-state index in [1.54, 1.807) is 24.5 Å². The van der Waals surface area contributed by atoms with Crippen LogP contribution in [-0.2, 0) is 12.8 Å². The van der Waals surface area contributed by atoms with Crippen LogP contribution in [0.15, 0.2) is 48.8 Å². The molecule has 0 bridgehead atoms. The van der Waals surface area contributed by atoms with Crippen molar-refractivity contribution in [3.8, 4) is 11.3 Å². The maximum atomic E-state index is 13.0. The number of carbonyl (C=O) groups is 2. The molecule has 0 saturated heterocycles. The molecule has 1 aliphatic carbocycles. The average molecular weight is 373 g/mol. The molecule has 2 aromatic heterocycles. The van der Waals surface area contributed by atoms with Gasteiger partial charge in [0.05, 0.1) is 5.69 Å². The third-order valence-corrected chi connectivity index (χ3v) is 5.32. The van der Waals surface area contributed by atoms with Crippen molar-refractivity contribution >= 4 is 11.7 Å². The molecule has 0 spiro atoms. The van der Waals surface area contributed by atoms with Crippen molar-refractivity contribution in [3.05, 3.63) is 76.7 Å². The molecule has 0 fully saturated rings. The van der Waals surface area contributed by atoms with Crippen molar-refractivity contribution in [3.63, 3.8) is 0 Å². The number of hydrogen-bond donors (Lipinski definition) is 2. The molecular formula is C23H23N3O2. The van der Waals surface area contributed by atoms with Gasteiger partial charge in [0.1, 0.15) is 0 Å². The van der Waals surface area contributed by atoms with Gasteiger partial charge in [0, 0.05) is 47.6 Å². The fourth-order valence-electron chi connectivity index (χ4n) is 4.11. The number of nitrogens with zero attached hydrogens (tertiary/aromatic N) is 1. The van der Waals surface area contributed by atoms with E-state index >= 15 is 0 Å². The number of fused-ring (bicyclic) bond motifs is 1. The maximum absolute atomic E-state index is 13.0. The van der Waals surface area contributed by atoms with Gasteiger partial charge in [-0.25, -0.2) is 0 Å². The monoisotopic (exact) mass is 373 g/mol. The second-order valence-corrected chi connectivity index (χ2v) is 8.25. The molecule has 5 heteroatoms. The second-order valence-electron chi connectivity index (χ2n) is 8.25. The fourth-order valence-corrected chi connectivity index (χ4v) is 4.11. The van der Waals surface area contributed by atoms with Crippen molar-refractivity contribution < 1.29 is 9.59 Å². The number of nitrogens with one attached hydrogen (secondary N) is 1. The smallest absolute Gasteiger partial charge is 0.248 e. The lowest BCUT2D eigenvalue weighted by atomic mass is 9.75. The predicted octanol–water partition coefficient (Wildman–Crippen LogP) is 3.92. The Balaban J connectivity index is 1.86. The minimum Gasteiger partial charge on any atom is -0.366 e. The highest BCUT2D eigenvalue weighted by atomic mass is 16.1. The van der Waals surface area contributed by atoms with Gasteiger partial charge in [-0.05, 0) is 47.2 Å². The van der Waals surface area contributed by atoms with E-state index < -0.39 is 5.91 Å². The SMILES string of the molecule is CC1(C)CC(=O)c2c([nH]c(-c3ccncc3)c2Cc2cccc(C(N)=O)c2)C1. The number of nitrogens with two attached hydrogens (primary N) is 1. The van der Waals surface area contributed by atoms with Crippen LogP contribution >= 0.6 is 0 Å². The van der Waals surface area contributed by atoms with Gasteiger partial charge < -0.3 is 10.7 Å². The number of rotatable bonds is 4. The van der Waals surface area contributed by atoms with Gasteiger partial charge in [-0.15, -0.1) is 0 Å². The summed E-state index contributed by atoms with van der Waals surface area (Å²) < 4.78 is 0. The van der Waals surface area contributed by atoms with E-state index in [0.717, 1.165) is 40.1 Å². The highest BCUT2D eigenvalue weighted by Gasteiger charge is 2.35. The first kappa shape index (κ1) is 18.2. The predicted molar refractivity (Wildman–Crippen MR) is 108 cm³/mol. The maximum Gasteiger partial charge on any atom is 0.248 e. The zero-order valence-corrected chi connectivity index (χ0v) is 16.1. The molecule has 0 unspecified atom stereocenters. The number of benzene rings is 1. The summed E-state index contributed by atoms with van der Waals surface area (Å²) in [5, 5.41) is 0. The van der Waals surface area contributed by atoms with E-state index in [9.17, 15) is 9.59 Å². The Labute approximate surface area is 164 Å². The lowest BCUT2D eigenvalue weighted by molar-refractivity contribution is 0.0910. The van der Waals surface area contributed by atoms with E-state index in [2.05, 4.69) is 23.8 Å². The quantitative estimate of drug-likeness (QED) is 0.726. The largest absolute Gasteiger partial charge is 0.366 e. The van der Waals surface area contributed by atoms with Crippen molar-refractivity contribution in [2.75, 3.05) is 0 Å². The van der Waals surface area contributed by atoms with Crippen LogP contribution in [0.3, 0.4) is 0 Å². The lowest BCUT2D eigenvalue weighted by Gasteiger charge is -2.28. The summed E-state index contributed by atoms with van der Waals surface area (Å²) in [5.41, 5.74) is 11.5. The van der Waals surface area contributed by atoms with E-state index in [4.69, 9.17) is 5.73 Å². The number of primary amides is 1. The van der Waals surface area contributed by atoms with Crippen molar-refractivity contribution in [1.82, 2.24) is 9.97 Å². The van der Waals surface area contributed by atoms with Crippen LogP contribution in [0, 0.1) is 5.41 Å². The summed E-state index contributed by atoms with van der Waals surface area (Å²) in [6.45, 7) is 4.24. The molecule has 0 aliphatic heterocycles. The number of aromatic amines is 1. The molecular weight excluding hydrogens is 350 g/mol. The van der Waals surface area contributed by atoms with Gasteiger partial charge in [0.15, 0.2) is 5.78 Å². The number of ketones is 1. The van der Waals surface area contributed by atoms with Gasteiger partial charge >= 0.3 is 0 Å². The zero-order valence-electron chi connectivity index (χ0n) is 16.1. The van der Waals surface area contributed by atoms with E-state index in [1.807, 2.05) is 24.3 Å². The van der Waals surface area contributed by atoms with E-state index in [0.29, 0.717) is 18.4 Å². The number of pyridine rings is 1. The number of hydrogen-bond acceptors (Lipinski definition) is 3. The average Bonchev–Trinajstić information content (AvgIpc) is 2.99. The third-order valence-electron chi connectivity index (χ3n) is 5.32. The van der Waals surface area contributed by atoms with Crippen LogP contribution < -0.4 is 5.73 Å². The Morgan fingerprint density at radius 3 is 2.64 bits per heavy atom. The van der Waals surface area contributed by atoms with Gasteiger partial charge in [-0.1, -0.05) is 26.0 Å². The van der Waals surface area contributed by atoms with Crippen LogP contribution in [0.1, 0.15) is 57.8 Å². The summed E-state index contributed by atoms with van der Waals surface area (Å²) in [4.78, 5) is 32.2. The van der Waals surface area contributed by atoms with Crippen molar-refractivity contribution in [1.29, 1.82) is 0 Å². The molecule has 2 heterocycles. The third kappa shape index (κ3) is 3.36. The van der Waals surface area contributed by atoms with Crippen LogP contribution in [0.25, 0.3) is 11.3 Å². The molecule has 3 N–H and O–H groups in total. The van der Waals surface area contributed by atoms with Crippen molar-refractivity contribution in [2.45, 2.75) is 33.1 Å². The zero-order chi connectivity index (χ0) is 19.9. The minimum atomic E-state index is -0.454. The highest BCUT2D eigenvalue weighted by molar-refractivity contribution is 6.02. The van der Waals surface area contributed by atoms with Gasteiger partial charge in [0.25, 0.3) is 0 Å². The molecule has 142 valence electrons. The standard InChI is InChI=1S/C23H23N3O2/c1-23(2)12-18-20(19(27)13-23)17(21(26-18)15-6-8-25-9-7-15)11-14-4-3-5-16(10-14)22(24)28/h3-10,26H,11-13H2,1-2H3,(H2,24,28). The number of carbonyl (C=O) groups excluding carboxylic acids is 2. The molecule has 1 aromatic carbocycles. The Kier molecular flexibility index (Phi) is 4.38. The summed E-state index contributed by atoms with van der Waals surface area (Å²) in [5.74, 6) is -0.283. The molecule has 1 aliphatic rings.